The van der Waals surface area contributed by atoms with Crippen LogP contribution in [0.5, 0.6) is 0 Å². The molecule has 24 heavy (non-hydrogen) atoms. The Morgan fingerprint density at radius 1 is 1.42 bits per heavy atom. The van der Waals surface area contributed by atoms with Crippen molar-refractivity contribution in [2.75, 3.05) is 0 Å². The van der Waals surface area contributed by atoms with Crippen LogP contribution in [0.2, 0.25) is 0 Å². The van der Waals surface area contributed by atoms with Gasteiger partial charge < -0.3 is 9.73 Å². The number of hydrogen-bond acceptors (Lipinski definition) is 6. The minimum absolute atomic E-state index is 0.116. The predicted molar refractivity (Wildman–Crippen MR) is 97.6 cm³/mol. The molecule has 2 aromatic heterocycles. The summed E-state index contributed by atoms with van der Waals surface area (Å²) in [7, 11) is 0. The van der Waals surface area contributed by atoms with E-state index in [0.29, 0.717) is 16.7 Å². The summed E-state index contributed by atoms with van der Waals surface area (Å²) in [5, 5.41) is 6.22. The zero-order valence-electron chi connectivity index (χ0n) is 13.8. The number of nitrogens with one attached hydrogen (secondary N) is 1. The van der Waals surface area contributed by atoms with Gasteiger partial charge in [0, 0.05) is 11.4 Å². The average molecular weight is 361 g/mol. The van der Waals surface area contributed by atoms with Gasteiger partial charge in [-0.3, -0.25) is 4.79 Å². The summed E-state index contributed by atoms with van der Waals surface area (Å²) in [6, 6.07) is 6.09. The SMILES string of the molecule is CCC(C)NC(=O)c1csc(CSc2nc3cc(C)ccc3o2)n1. The van der Waals surface area contributed by atoms with Crippen LogP contribution in [0.3, 0.4) is 0 Å². The van der Waals surface area contributed by atoms with Gasteiger partial charge in [0.2, 0.25) is 0 Å². The van der Waals surface area contributed by atoms with E-state index in [1.165, 1.54) is 23.1 Å². The fourth-order valence-corrected chi connectivity index (χ4v) is 3.71. The Balaban J connectivity index is 1.63. The summed E-state index contributed by atoms with van der Waals surface area (Å²) >= 11 is 2.97. The molecule has 1 unspecified atom stereocenters. The van der Waals surface area contributed by atoms with Crippen molar-refractivity contribution in [3.63, 3.8) is 0 Å². The van der Waals surface area contributed by atoms with Crippen LogP contribution in [0.4, 0.5) is 0 Å². The lowest BCUT2D eigenvalue weighted by molar-refractivity contribution is 0.0935. The third kappa shape index (κ3) is 3.96. The predicted octanol–water partition coefficient (Wildman–Crippen LogP) is 4.41. The van der Waals surface area contributed by atoms with Gasteiger partial charge in [-0.25, -0.2) is 9.97 Å². The van der Waals surface area contributed by atoms with Crippen molar-refractivity contribution in [2.24, 2.45) is 0 Å². The first kappa shape index (κ1) is 17.0. The van der Waals surface area contributed by atoms with E-state index in [2.05, 4.69) is 15.3 Å². The second-order valence-electron chi connectivity index (χ2n) is 5.65. The van der Waals surface area contributed by atoms with Gasteiger partial charge in [0.25, 0.3) is 11.1 Å². The van der Waals surface area contributed by atoms with E-state index in [4.69, 9.17) is 4.42 Å². The molecule has 0 aliphatic rings. The minimum atomic E-state index is -0.116. The monoisotopic (exact) mass is 361 g/mol. The van der Waals surface area contributed by atoms with Gasteiger partial charge in [0.05, 0.1) is 5.75 Å². The number of hydrogen-bond donors (Lipinski definition) is 1. The molecule has 3 rings (SSSR count). The highest BCUT2D eigenvalue weighted by Gasteiger charge is 2.14. The molecular formula is C17H19N3O2S2. The number of rotatable bonds is 6. The molecule has 1 N–H and O–H groups in total. The van der Waals surface area contributed by atoms with Crippen LogP contribution in [0, 0.1) is 6.92 Å². The van der Waals surface area contributed by atoms with Crippen molar-refractivity contribution >= 4 is 40.1 Å². The van der Waals surface area contributed by atoms with Crippen LogP contribution >= 0.6 is 23.1 Å². The number of aryl methyl sites for hydroxylation is 1. The van der Waals surface area contributed by atoms with Crippen LogP contribution in [0.25, 0.3) is 11.1 Å². The maximum Gasteiger partial charge on any atom is 0.270 e. The molecule has 0 radical (unpaired) electrons. The van der Waals surface area contributed by atoms with E-state index in [9.17, 15) is 4.79 Å². The zero-order chi connectivity index (χ0) is 17.1. The van der Waals surface area contributed by atoms with Crippen molar-refractivity contribution in [3.05, 3.63) is 39.8 Å². The number of aromatic nitrogens is 2. The van der Waals surface area contributed by atoms with E-state index in [1.807, 2.05) is 39.0 Å². The Hall–Kier alpha value is -1.86. The minimum Gasteiger partial charge on any atom is -0.431 e. The topological polar surface area (TPSA) is 68.0 Å². The second-order valence-corrected chi connectivity index (χ2v) is 7.52. The number of carbonyl (C=O) groups is 1. The maximum absolute atomic E-state index is 12.0. The summed E-state index contributed by atoms with van der Waals surface area (Å²) in [5.41, 5.74) is 3.29. The number of carbonyl (C=O) groups excluding carboxylic acids is 1. The quantitative estimate of drug-likeness (QED) is 0.659. The summed E-state index contributed by atoms with van der Waals surface area (Å²) in [5.74, 6) is 0.516. The van der Waals surface area contributed by atoms with Crippen LogP contribution in [-0.2, 0) is 5.75 Å². The molecule has 0 saturated heterocycles. The lowest BCUT2D eigenvalue weighted by Gasteiger charge is -2.09. The summed E-state index contributed by atoms with van der Waals surface area (Å²) in [6.45, 7) is 6.05. The van der Waals surface area contributed by atoms with Crippen molar-refractivity contribution in [3.8, 4) is 0 Å². The standard InChI is InChI=1S/C17H19N3O2S2/c1-4-11(3)18-16(21)13-8-23-15(19-13)9-24-17-20-12-7-10(2)5-6-14(12)22-17/h5-8,11H,4,9H2,1-3H3,(H,18,21). The Bertz CT molecular complexity index is 857. The summed E-state index contributed by atoms with van der Waals surface area (Å²) in [6.07, 6.45) is 0.899. The summed E-state index contributed by atoms with van der Waals surface area (Å²) < 4.78 is 5.72. The Kier molecular flexibility index (Phi) is 5.20. The molecule has 1 amide bonds. The number of thioether (sulfide) groups is 1. The maximum atomic E-state index is 12.0. The van der Waals surface area contributed by atoms with E-state index in [-0.39, 0.29) is 11.9 Å². The number of amides is 1. The second kappa shape index (κ2) is 7.36. The van der Waals surface area contributed by atoms with E-state index < -0.39 is 0 Å². The molecule has 0 fully saturated rings. The number of thiazole rings is 1. The Morgan fingerprint density at radius 3 is 3.04 bits per heavy atom. The molecule has 3 aromatic rings. The number of oxazole rings is 1. The smallest absolute Gasteiger partial charge is 0.270 e. The first-order valence-corrected chi connectivity index (χ1v) is 9.67. The highest BCUT2D eigenvalue weighted by Crippen LogP contribution is 2.27. The van der Waals surface area contributed by atoms with Crippen LogP contribution in [0.15, 0.2) is 33.2 Å². The third-order valence-electron chi connectivity index (χ3n) is 3.62. The highest BCUT2D eigenvalue weighted by atomic mass is 32.2. The van der Waals surface area contributed by atoms with Gasteiger partial charge in [0.1, 0.15) is 16.2 Å². The number of nitrogens with zero attached hydrogens (tertiary/aromatic N) is 2. The van der Waals surface area contributed by atoms with Gasteiger partial charge >= 0.3 is 0 Å². The van der Waals surface area contributed by atoms with E-state index >= 15 is 0 Å². The summed E-state index contributed by atoms with van der Waals surface area (Å²) in [4.78, 5) is 20.9. The van der Waals surface area contributed by atoms with Gasteiger partial charge in [-0.15, -0.1) is 11.3 Å². The van der Waals surface area contributed by atoms with Crippen molar-refractivity contribution in [2.45, 2.75) is 44.2 Å². The molecule has 0 bridgehead atoms. The molecule has 1 atom stereocenters. The highest BCUT2D eigenvalue weighted by molar-refractivity contribution is 7.98. The number of benzene rings is 1. The lowest BCUT2D eigenvalue weighted by Crippen LogP contribution is -2.32. The normalized spacial score (nSPS) is 12.5. The fourth-order valence-electron chi connectivity index (χ4n) is 2.08. The first-order valence-electron chi connectivity index (χ1n) is 7.80. The van der Waals surface area contributed by atoms with Crippen molar-refractivity contribution in [1.29, 1.82) is 0 Å². The first-order chi connectivity index (χ1) is 11.5. The van der Waals surface area contributed by atoms with Gasteiger partial charge in [-0.1, -0.05) is 24.8 Å². The molecular weight excluding hydrogens is 342 g/mol. The van der Waals surface area contributed by atoms with Gasteiger partial charge in [-0.05, 0) is 38.0 Å². The van der Waals surface area contributed by atoms with Gasteiger partial charge in [-0.2, -0.15) is 0 Å². The zero-order valence-corrected chi connectivity index (χ0v) is 15.5. The largest absolute Gasteiger partial charge is 0.431 e. The van der Waals surface area contributed by atoms with Crippen LogP contribution in [0.1, 0.15) is 41.3 Å². The molecule has 5 nitrogen and oxygen atoms in total. The molecule has 1 aromatic carbocycles. The Labute approximate surface area is 148 Å². The number of fused-ring (bicyclic) bond motifs is 1. The van der Waals surface area contributed by atoms with Crippen LogP contribution < -0.4 is 5.32 Å². The molecule has 0 saturated carbocycles. The molecule has 7 heteroatoms. The molecule has 126 valence electrons. The molecule has 0 aliphatic heterocycles. The van der Waals surface area contributed by atoms with Gasteiger partial charge in [0.15, 0.2) is 5.58 Å². The lowest BCUT2D eigenvalue weighted by atomic mass is 10.2. The van der Waals surface area contributed by atoms with Crippen molar-refractivity contribution < 1.29 is 9.21 Å². The molecule has 0 aliphatic carbocycles. The van der Waals surface area contributed by atoms with Crippen molar-refractivity contribution in [1.82, 2.24) is 15.3 Å². The fraction of sp³-hybridized carbons (Fsp3) is 0.353. The van der Waals surface area contributed by atoms with E-state index in [1.54, 1.807) is 5.38 Å². The van der Waals surface area contributed by atoms with E-state index in [0.717, 1.165) is 28.1 Å². The Morgan fingerprint density at radius 2 is 2.25 bits per heavy atom. The van der Waals surface area contributed by atoms with Crippen LogP contribution in [-0.4, -0.2) is 21.9 Å². The molecule has 2 heterocycles. The average Bonchev–Trinajstić information content (AvgIpc) is 3.18. The molecule has 0 spiro atoms. The third-order valence-corrected chi connectivity index (χ3v) is 5.49.